The minimum atomic E-state index is -0.925. The molecule has 3 aliphatic rings. The van der Waals surface area contributed by atoms with Crippen LogP contribution >= 0.6 is 0 Å². The number of nitrogens with zero attached hydrogens (tertiary/aromatic N) is 2. The fourth-order valence-corrected chi connectivity index (χ4v) is 5.24. The standard InChI is InChI=1S/C25H33N3O5/c1-3-27(4-2)24(32)25(12-6-5-7-13-25)26-21(29)17-10-11-19-20(15-17)23(31)28(22(19)30)16-18-9-8-14-33-18/h10-11,15,18H,3-9,12-14,16H2,1-2H3,(H,26,29). The van der Waals surface area contributed by atoms with Crippen LogP contribution in [0.5, 0.6) is 0 Å². The smallest absolute Gasteiger partial charge is 0.261 e. The zero-order valence-electron chi connectivity index (χ0n) is 19.5. The largest absolute Gasteiger partial charge is 0.376 e. The third-order valence-electron chi connectivity index (χ3n) is 7.16. The normalized spacial score (nSPS) is 21.8. The average molecular weight is 456 g/mol. The van der Waals surface area contributed by atoms with Gasteiger partial charge in [-0.15, -0.1) is 0 Å². The second kappa shape index (κ2) is 9.63. The number of nitrogens with one attached hydrogen (secondary N) is 1. The minimum Gasteiger partial charge on any atom is -0.376 e. The maximum Gasteiger partial charge on any atom is 0.261 e. The summed E-state index contributed by atoms with van der Waals surface area (Å²) < 4.78 is 5.58. The van der Waals surface area contributed by atoms with Crippen molar-refractivity contribution in [1.82, 2.24) is 15.1 Å². The van der Waals surface area contributed by atoms with Gasteiger partial charge in [0.05, 0.1) is 23.8 Å². The topological polar surface area (TPSA) is 96.0 Å². The van der Waals surface area contributed by atoms with Crippen molar-refractivity contribution in [2.75, 3.05) is 26.2 Å². The van der Waals surface area contributed by atoms with Crippen molar-refractivity contribution >= 4 is 23.6 Å². The molecule has 1 saturated carbocycles. The molecule has 2 heterocycles. The molecule has 1 aromatic carbocycles. The molecule has 0 spiro atoms. The van der Waals surface area contributed by atoms with E-state index in [1.165, 1.54) is 11.0 Å². The molecule has 1 saturated heterocycles. The molecule has 2 fully saturated rings. The number of amides is 4. The number of hydrogen-bond acceptors (Lipinski definition) is 5. The van der Waals surface area contributed by atoms with Crippen LogP contribution in [0.4, 0.5) is 0 Å². The number of carbonyl (C=O) groups excluding carboxylic acids is 4. The zero-order chi connectivity index (χ0) is 23.6. The van der Waals surface area contributed by atoms with E-state index in [0.29, 0.717) is 38.1 Å². The van der Waals surface area contributed by atoms with Crippen LogP contribution < -0.4 is 5.32 Å². The Morgan fingerprint density at radius 3 is 2.39 bits per heavy atom. The van der Waals surface area contributed by atoms with Crippen molar-refractivity contribution < 1.29 is 23.9 Å². The Kier molecular flexibility index (Phi) is 6.83. The Morgan fingerprint density at radius 2 is 1.76 bits per heavy atom. The molecule has 1 atom stereocenters. The van der Waals surface area contributed by atoms with Crippen molar-refractivity contribution in [2.45, 2.75) is 70.4 Å². The minimum absolute atomic E-state index is 0.0456. The molecule has 8 heteroatoms. The SMILES string of the molecule is CCN(CC)C(=O)C1(NC(=O)c2ccc3c(c2)C(=O)N(CC2CCCO2)C3=O)CCCCC1. The van der Waals surface area contributed by atoms with E-state index in [4.69, 9.17) is 4.74 Å². The van der Waals surface area contributed by atoms with Gasteiger partial charge >= 0.3 is 0 Å². The van der Waals surface area contributed by atoms with E-state index in [9.17, 15) is 19.2 Å². The second-order valence-corrected chi connectivity index (χ2v) is 9.19. The summed E-state index contributed by atoms with van der Waals surface area (Å²) in [4.78, 5) is 55.3. The highest BCUT2D eigenvalue weighted by atomic mass is 16.5. The number of rotatable bonds is 7. The van der Waals surface area contributed by atoms with Crippen LogP contribution in [0.25, 0.3) is 0 Å². The first-order valence-electron chi connectivity index (χ1n) is 12.1. The predicted octanol–water partition coefficient (Wildman–Crippen LogP) is 2.76. The Hall–Kier alpha value is -2.74. The Labute approximate surface area is 194 Å². The lowest BCUT2D eigenvalue weighted by Gasteiger charge is -2.40. The highest BCUT2D eigenvalue weighted by Crippen LogP contribution is 2.31. The van der Waals surface area contributed by atoms with Crippen molar-refractivity contribution in [3.63, 3.8) is 0 Å². The first-order chi connectivity index (χ1) is 15.9. The predicted molar refractivity (Wildman–Crippen MR) is 122 cm³/mol. The maximum atomic E-state index is 13.3. The van der Waals surface area contributed by atoms with Gasteiger partial charge in [0.2, 0.25) is 5.91 Å². The van der Waals surface area contributed by atoms with Crippen LogP contribution in [0.1, 0.15) is 89.9 Å². The van der Waals surface area contributed by atoms with Gasteiger partial charge in [0.25, 0.3) is 17.7 Å². The molecule has 0 radical (unpaired) electrons. The van der Waals surface area contributed by atoms with Crippen LogP contribution in [0.3, 0.4) is 0 Å². The van der Waals surface area contributed by atoms with E-state index in [1.54, 1.807) is 17.0 Å². The first-order valence-corrected chi connectivity index (χ1v) is 12.1. The number of imide groups is 1. The van der Waals surface area contributed by atoms with Gasteiger partial charge < -0.3 is 15.0 Å². The van der Waals surface area contributed by atoms with Crippen LogP contribution in [0.15, 0.2) is 18.2 Å². The average Bonchev–Trinajstić information content (AvgIpc) is 3.43. The van der Waals surface area contributed by atoms with Gasteiger partial charge in [-0.25, -0.2) is 0 Å². The number of likely N-dealkylation sites (N-methyl/N-ethyl adjacent to an activating group) is 1. The lowest BCUT2D eigenvalue weighted by atomic mass is 9.80. The Morgan fingerprint density at radius 1 is 1.06 bits per heavy atom. The monoisotopic (exact) mass is 455 g/mol. The van der Waals surface area contributed by atoms with Gasteiger partial charge in [0.15, 0.2) is 0 Å². The summed E-state index contributed by atoms with van der Waals surface area (Å²) in [6.07, 6.45) is 5.62. The van der Waals surface area contributed by atoms with E-state index in [-0.39, 0.29) is 35.6 Å². The summed E-state index contributed by atoms with van der Waals surface area (Å²) in [6, 6.07) is 4.59. The number of carbonyl (C=O) groups is 4. The fourth-order valence-electron chi connectivity index (χ4n) is 5.24. The third kappa shape index (κ3) is 4.40. The molecule has 1 aliphatic carbocycles. The van der Waals surface area contributed by atoms with Gasteiger partial charge in [0, 0.05) is 25.3 Å². The van der Waals surface area contributed by atoms with Crippen molar-refractivity contribution in [2.24, 2.45) is 0 Å². The molecular weight excluding hydrogens is 422 g/mol. The summed E-state index contributed by atoms with van der Waals surface area (Å²) in [5.41, 5.74) is -0.0998. The summed E-state index contributed by atoms with van der Waals surface area (Å²) in [5.74, 6) is -1.18. The molecule has 8 nitrogen and oxygen atoms in total. The molecule has 1 aromatic rings. The molecule has 4 amide bonds. The van der Waals surface area contributed by atoms with Gasteiger partial charge in [-0.05, 0) is 57.7 Å². The highest BCUT2D eigenvalue weighted by Gasteiger charge is 2.43. The fraction of sp³-hybridized carbons (Fsp3) is 0.600. The van der Waals surface area contributed by atoms with Gasteiger partial charge in [0.1, 0.15) is 5.54 Å². The number of benzene rings is 1. The molecular formula is C25H33N3O5. The van der Waals surface area contributed by atoms with Crippen molar-refractivity contribution in [1.29, 1.82) is 0 Å². The Bertz CT molecular complexity index is 943. The van der Waals surface area contributed by atoms with Crippen LogP contribution in [0.2, 0.25) is 0 Å². The molecule has 2 aliphatic heterocycles. The maximum absolute atomic E-state index is 13.3. The zero-order valence-corrected chi connectivity index (χ0v) is 19.5. The summed E-state index contributed by atoms with van der Waals surface area (Å²) >= 11 is 0. The summed E-state index contributed by atoms with van der Waals surface area (Å²) in [7, 11) is 0. The number of ether oxygens (including phenoxy) is 1. The second-order valence-electron chi connectivity index (χ2n) is 9.19. The molecule has 1 unspecified atom stereocenters. The van der Waals surface area contributed by atoms with Crippen LogP contribution in [-0.4, -0.2) is 71.3 Å². The summed E-state index contributed by atoms with van der Waals surface area (Å²) in [5, 5.41) is 3.02. The lowest BCUT2D eigenvalue weighted by Crippen LogP contribution is -2.60. The molecule has 33 heavy (non-hydrogen) atoms. The highest BCUT2D eigenvalue weighted by molar-refractivity contribution is 6.22. The van der Waals surface area contributed by atoms with E-state index in [0.717, 1.165) is 32.1 Å². The van der Waals surface area contributed by atoms with Gasteiger partial charge in [-0.3, -0.25) is 24.1 Å². The van der Waals surface area contributed by atoms with E-state index in [2.05, 4.69) is 5.32 Å². The number of fused-ring (bicyclic) bond motifs is 1. The van der Waals surface area contributed by atoms with Crippen molar-refractivity contribution in [3.05, 3.63) is 34.9 Å². The van der Waals surface area contributed by atoms with Gasteiger partial charge in [-0.2, -0.15) is 0 Å². The molecule has 0 aromatic heterocycles. The molecule has 178 valence electrons. The van der Waals surface area contributed by atoms with Crippen LogP contribution in [0, 0.1) is 0 Å². The molecule has 4 rings (SSSR count). The van der Waals surface area contributed by atoms with E-state index >= 15 is 0 Å². The quantitative estimate of drug-likeness (QED) is 0.638. The van der Waals surface area contributed by atoms with E-state index < -0.39 is 17.4 Å². The third-order valence-corrected chi connectivity index (χ3v) is 7.16. The number of hydrogen-bond donors (Lipinski definition) is 1. The molecule has 1 N–H and O–H groups in total. The summed E-state index contributed by atoms with van der Waals surface area (Å²) in [6.45, 7) is 5.92. The Balaban J connectivity index is 1.54. The first kappa shape index (κ1) is 23.4. The van der Waals surface area contributed by atoms with Crippen molar-refractivity contribution in [3.8, 4) is 0 Å². The molecule has 0 bridgehead atoms. The van der Waals surface area contributed by atoms with E-state index in [1.807, 2.05) is 13.8 Å². The van der Waals surface area contributed by atoms with Gasteiger partial charge in [-0.1, -0.05) is 19.3 Å². The van der Waals surface area contributed by atoms with Crippen LogP contribution in [-0.2, 0) is 9.53 Å². The lowest BCUT2D eigenvalue weighted by molar-refractivity contribution is -0.139.